The first kappa shape index (κ1) is 17.8. The third-order valence-corrected chi connectivity index (χ3v) is 4.69. The van der Waals surface area contributed by atoms with Gasteiger partial charge in [-0.1, -0.05) is 30.3 Å². The molecule has 1 aromatic heterocycles. The zero-order valence-corrected chi connectivity index (χ0v) is 15.7. The van der Waals surface area contributed by atoms with E-state index in [9.17, 15) is 9.90 Å². The van der Waals surface area contributed by atoms with E-state index in [1.54, 1.807) is 4.57 Å². The van der Waals surface area contributed by atoms with Gasteiger partial charge in [0.15, 0.2) is 0 Å². The number of rotatable bonds is 5. The minimum absolute atomic E-state index is 0.142. The lowest BCUT2D eigenvalue weighted by atomic mass is 10.1. The minimum Gasteiger partial charge on any atom is -0.480 e. The van der Waals surface area contributed by atoms with Crippen LogP contribution in [0.1, 0.15) is 11.1 Å². The number of imidazole rings is 1. The Labute approximate surface area is 162 Å². The molecule has 4 aromatic rings. The Morgan fingerprint density at radius 3 is 2.32 bits per heavy atom. The number of aromatic nitrogens is 2. The molecule has 0 unspecified atom stereocenters. The number of benzene rings is 3. The molecule has 0 aliphatic heterocycles. The van der Waals surface area contributed by atoms with Gasteiger partial charge in [-0.3, -0.25) is 4.79 Å². The van der Waals surface area contributed by atoms with Gasteiger partial charge in [0.25, 0.3) is 0 Å². The molecule has 140 valence electrons. The molecular formula is C23H20N2O3. The average molecular weight is 372 g/mol. The summed E-state index contributed by atoms with van der Waals surface area (Å²) >= 11 is 0. The van der Waals surface area contributed by atoms with Gasteiger partial charge in [-0.15, -0.1) is 0 Å². The van der Waals surface area contributed by atoms with Crippen LogP contribution in [0.2, 0.25) is 0 Å². The molecule has 0 saturated heterocycles. The fourth-order valence-electron chi connectivity index (χ4n) is 3.34. The van der Waals surface area contributed by atoms with Crippen molar-refractivity contribution in [2.75, 3.05) is 0 Å². The zero-order chi connectivity index (χ0) is 19.7. The molecule has 0 aliphatic carbocycles. The van der Waals surface area contributed by atoms with E-state index in [-0.39, 0.29) is 6.54 Å². The topological polar surface area (TPSA) is 64.4 Å². The highest BCUT2D eigenvalue weighted by molar-refractivity contribution is 5.82. The van der Waals surface area contributed by atoms with Gasteiger partial charge in [0.1, 0.15) is 23.9 Å². The molecular weight excluding hydrogens is 352 g/mol. The molecule has 0 aliphatic rings. The number of aliphatic carboxylic acids is 1. The Kier molecular flexibility index (Phi) is 4.57. The molecule has 4 rings (SSSR count). The van der Waals surface area contributed by atoms with Crippen molar-refractivity contribution in [3.05, 3.63) is 77.9 Å². The summed E-state index contributed by atoms with van der Waals surface area (Å²) in [7, 11) is 0. The largest absolute Gasteiger partial charge is 0.480 e. The highest BCUT2D eigenvalue weighted by Gasteiger charge is 2.15. The first-order chi connectivity index (χ1) is 13.5. The predicted molar refractivity (Wildman–Crippen MR) is 109 cm³/mol. The lowest BCUT2D eigenvalue weighted by Gasteiger charge is -2.12. The van der Waals surface area contributed by atoms with E-state index in [4.69, 9.17) is 4.74 Å². The quantitative estimate of drug-likeness (QED) is 0.523. The summed E-state index contributed by atoms with van der Waals surface area (Å²) in [6.07, 6.45) is 0. The van der Waals surface area contributed by atoms with Crippen LogP contribution < -0.4 is 4.74 Å². The van der Waals surface area contributed by atoms with Crippen molar-refractivity contribution in [3.8, 4) is 22.9 Å². The highest BCUT2D eigenvalue weighted by atomic mass is 16.5. The minimum atomic E-state index is -0.903. The molecule has 0 radical (unpaired) electrons. The Bertz CT molecular complexity index is 1140. The Hall–Kier alpha value is -3.60. The lowest BCUT2D eigenvalue weighted by molar-refractivity contribution is -0.137. The van der Waals surface area contributed by atoms with Gasteiger partial charge in [-0.05, 0) is 61.4 Å². The summed E-state index contributed by atoms with van der Waals surface area (Å²) < 4.78 is 7.78. The van der Waals surface area contributed by atoms with E-state index in [1.165, 1.54) is 0 Å². The van der Waals surface area contributed by atoms with E-state index in [0.29, 0.717) is 5.82 Å². The number of ether oxygens (including phenoxy) is 1. The Morgan fingerprint density at radius 1 is 0.964 bits per heavy atom. The number of hydrogen-bond acceptors (Lipinski definition) is 3. The maximum atomic E-state index is 11.3. The van der Waals surface area contributed by atoms with Gasteiger partial charge in [-0.2, -0.15) is 0 Å². The first-order valence-electron chi connectivity index (χ1n) is 9.04. The standard InChI is InChI=1S/C23H20N2O3/c1-15-6-5-7-16(2)22(15)28-18-12-10-17(11-13-18)23-24-19-8-3-4-9-20(19)25(23)14-21(26)27/h3-13H,14H2,1-2H3,(H,26,27). The van der Waals surface area contributed by atoms with Crippen LogP contribution in [0.4, 0.5) is 0 Å². The molecule has 0 spiro atoms. The molecule has 0 bridgehead atoms. The van der Waals surface area contributed by atoms with Crippen molar-refractivity contribution in [1.82, 2.24) is 9.55 Å². The van der Waals surface area contributed by atoms with Crippen molar-refractivity contribution < 1.29 is 14.6 Å². The van der Waals surface area contributed by atoms with Crippen LogP contribution in [0.3, 0.4) is 0 Å². The molecule has 3 aromatic carbocycles. The maximum Gasteiger partial charge on any atom is 0.323 e. The summed E-state index contributed by atoms with van der Waals surface area (Å²) in [5.41, 5.74) is 4.57. The van der Waals surface area contributed by atoms with Crippen molar-refractivity contribution in [3.63, 3.8) is 0 Å². The lowest BCUT2D eigenvalue weighted by Crippen LogP contribution is -2.09. The number of carboxylic acids is 1. The fraction of sp³-hybridized carbons (Fsp3) is 0.130. The van der Waals surface area contributed by atoms with Crippen LogP contribution in [-0.2, 0) is 11.3 Å². The number of aryl methyl sites for hydroxylation is 2. The average Bonchev–Trinajstić information content (AvgIpc) is 3.03. The van der Waals surface area contributed by atoms with Gasteiger partial charge < -0.3 is 14.4 Å². The first-order valence-corrected chi connectivity index (χ1v) is 9.04. The van der Waals surface area contributed by atoms with Crippen molar-refractivity contribution >= 4 is 17.0 Å². The Morgan fingerprint density at radius 2 is 1.64 bits per heavy atom. The van der Waals surface area contributed by atoms with Crippen molar-refractivity contribution in [2.45, 2.75) is 20.4 Å². The van der Waals surface area contributed by atoms with E-state index in [2.05, 4.69) is 4.98 Å². The number of carbonyl (C=O) groups is 1. The van der Waals surface area contributed by atoms with Crippen LogP contribution in [0.25, 0.3) is 22.4 Å². The molecule has 1 heterocycles. The SMILES string of the molecule is Cc1cccc(C)c1Oc1ccc(-c2nc3ccccc3n2CC(=O)O)cc1. The van der Waals surface area contributed by atoms with Crippen LogP contribution in [0.15, 0.2) is 66.7 Å². The molecule has 0 atom stereocenters. The molecule has 28 heavy (non-hydrogen) atoms. The number of carboxylic acid groups (broad SMARTS) is 1. The van der Waals surface area contributed by atoms with E-state index < -0.39 is 5.97 Å². The summed E-state index contributed by atoms with van der Waals surface area (Å²) in [5, 5.41) is 9.31. The smallest absolute Gasteiger partial charge is 0.323 e. The predicted octanol–water partition coefficient (Wildman–Crippen LogP) is 5.20. The third-order valence-electron chi connectivity index (χ3n) is 4.69. The zero-order valence-electron chi connectivity index (χ0n) is 15.7. The van der Waals surface area contributed by atoms with Crippen molar-refractivity contribution in [2.24, 2.45) is 0 Å². The molecule has 0 saturated carbocycles. The normalized spacial score (nSPS) is 10.9. The van der Waals surface area contributed by atoms with Gasteiger partial charge in [0, 0.05) is 5.56 Å². The second-order valence-corrected chi connectivity index (χ2v) is 6.75. The number of fused-ring (bicyclic) bond motifs is 1. The van der Waals surface area contributed by atoms with Gasteiger partial charge >= 0.3 is 5.97 Å². The summed E-state index contributed by atoms with van der Waals surface area (Å²) in [6.45, 7) is 3.90. The van der Waals surface area contributed by atoms with Gasteiger partial charge in [0.05, 0.1) is 11.0 Å². The number of nitrogens with zero attached hydrogens (tertiary/aromatic N) is 2. The molecule has 5 heteroatoms. The maximum absolute atomic E-state index is 11.3. The second kappa shape index (κ2) is 7.19. The summed E-state index contributed by atoms with van der Waals surface area (Å²) in [4.78, 5) is 16.0. The fourth-order valence-corrected chi connectivity index (χ4v) is 3.34. The second-order valence-electron chi connectivity index (χ2n) is 6.75. The number of para-hydroxylation sites is 3. The van der Waals surface area contributed by atoms with Crippen molar-refractivity contribution in [1.29, 1.82) is 0 Å². The summed E-state index contributed by atoms with van der Waals surface area (Å²) in [6, 6.07) is 21.2. The molecule has 0 amide bonds. The van der Waals surface area contributed by atoms with Gasteiger partial charge in [-0.25, -0.2) is 4.98 Å². The Balaban J connectivity index is 1.70. The number of hydrogen-bond donors (Lipinski definition) is 1. The van der Waals surface area contributed by atoms with Crippen LogP contribution in [0, 0.1) is 13.8 Å². The van der Waals surface area contributed by atoms with Gasteiger partial charge in [0.2, 0.25) is 0 Å². The monoisotopic (exact) mass is 372 g/mol. The third kappa shape index (κ3) is 3.34. The van der Waals surface area contributed by atoms with Crippen LogP contribution in [0.5, 0.6) is 11.5 Å². The van der Waals surface area contributed by atoms with E-state index in [0.717, 1.165) is 39.2 Å². The summed E-state index contributed by atoms with van der Waals surface area (Å²) in [5.74, 6) is 1.30. The molecule has 1 N–H and O–H groups in total. The molecule has 5 nitrogen and oxygen atoms in total. The van der Waals surface area contributed by atoms with E-state index in [1.807, 2.05) is 80.6 Å². The van der Waals surface area contributed by atoms with E-state index >= 15 is 0 Å². The highest BCUT2D eigenvalue weighted by Crippen LogP contribution is 2.31. The van der Waals surface area contributed by atoms with Crippen LogP contribution in [-0.4, -0.2) is 20.6 Å². The van der Waals surface area contributed by atoms with Crippen LogP contribution >= 0.6 is 0 Å². The molecule has 0 fully saturated rings.